The fraction of sp³-hybridized carbons (Fsp3) is 0.0909. The third-order valence-corrected chi connectivity index (χ3v) is 5.15. The molecule has 0 saturated carbocycles. The summed E-state index contributed by atoms with van der Waals surface area (Å²) in [4.78, 5) is 25.7. The third-order valence-electron chi connectivity index (χ3n) is 4.18. The maximum absolute atomic E-state index is 13.0. The molecular formula is C22H16Cl3NO2. The Morgan fingerprint density at radius 3 is 2.25 bits per heavy atom. The van der Waals surface area contributed by atoms with Crippen molar-refractivity contribution in [3.05, 3.63) is 105 Å². The topological polar surface area (TPSA) is 46.2 Å². The molecule has 1 N–H and O–H groups in total. The van der Waals surface area contributed by atoms with Crippen molar-refractivity contribution in [2.75, 3.05) is 0 Å². The van der Waals surface area contributed by atoms with E-state index in [1.807, 2.05) is 24.3 Å². The zero-order valence-corrected chi connectivity index (χ0v) is 16.9. The molecule has 0 saturated heterocycles. The number of nitrogens with one attached hydrogen (secondary N) is 1. The van der Waals surface area contributed by atoms with Crippen LogP contribution in [0.5, 0.6) is 0 Å². The number of carbonyl (C=O) groups is 2. The van der Waals surface area contributed by atoms with Crippen molar-refractivity contribution < 1.29 is 9.59 Å². The number of carbonyl (C=O) groups excluding carboxylic acids is 2. The summed E-state index contributed by atoms with van der Waals surface area (Å²) < 4.78 is 0. The first-order valence-electron chi connectivity index (χ1n) is 8.52. The lowest BCUT2D eigenvalue weighted by molar-refractivity contribution is -0.120. The first-order chi connectivity index (χ1) is 13.4. The molecule has 0 aliphatic rings. The van der Waals surface area contributed by atoms with Crippen molar-refractivity contribution in [3.8, 4) is 0 Å². The molecule has 0 aliphatic carbocycles. The Bertz CT molecular complexity index is 1010. The van der Waals surface area contributed by atoms with E-state index in [0.29, 0.717) is 21.2 Å². The monoisotopic (exact) mass is 431 g/mol. The van der Waals surface area contributed by atoms with Crippen LogP contribution in [0.4, 0.5) is 0 Å². The molecule has 0 bridgehead atoms. The van der Waals surface area contributed by atoms with Gasteiger partial charge in [-0.25, -0.2) is 0 Å². The number of amides is 1. The fourth-order valence-corrected chi connectivity index (χ4v) is 3.31. The van der Waals surface area contributed by atoms with Crippen molar-refractivity contribution in [2.24, 2.45) is 0 Å². The van der Waals surface area contributed by atoms with Crippen LogP contribution in [0, 0.1) is 0 Å². The Labute approximate surface area is 178 Å². The largest absolute Gasteiger partial charge is 0.338 e. The van der Waals surface area contributed by atoms with Crippen LogP contribution in [0.2, 0.25) is 15.1 Å². The van der Waals surface area contributed by atoms with Gasteiger partial charge >= 0.3 is 0 Å². The van der Waals surface area contributed by atoms with E-state index in [1.165, 1.54) is 6.07 Å². The maximum atomic E-state index is 13.0. The minimum absolute atomic E-state index is 0.141. The van der Waals surface area contributed by atoms with Crippen LogP contribution in [0.1, 0.15) is 27.5 Å². The van der Waals surface area contributed by atoms with Gasteiger partial charge in [0.1, 0.15) is 6.04 Å². The zero-order chi connectivity index (χ0) is 20.1. The molecule has 0 aromatic heterocycles. The maximum Gasteiger partial charge on any atom is 0.252 e. The van der Waals surface area contributed by atoms with Gasteiger partial charge in [-0.3, -0.25) is 9.59 Å². The molecule has 3 aromatic rings. The minimum atomic E-state index is -0.804. The quantitative estimate of drug-likeness (QED) is 0.525. The molecular weight excluding hydrogens is 417 g/mol. The van der Waals surface area contributed by atoms with Gasteiger partial charge in [-0.2, -0.15) is 0 Å². The second-order valence-corrected chi connectivity index (χ2v) is 7.47. The van der Waals surface area contributed by atoms with E-state index in [1.54, 1.807) is 42.5 Å². The van der Waals surface area contributed by atoms with Crippen LogP contribution in [0.25, 0.3) is 0 Å². The number of ketones is 1. The smallest absolute Gasteiger partial charge is 0.252 e. The summed E-state index contributed by atoms with van der Waals surface area (Å²) in [7, 11) is 0. The Balaban J connectivity index is 1.85. The van der Waals surface area contributed by atoms with E-state index < -0.39 is 11.9 Å². The molecule has 0 fully saturated rings. The summed E-state index contributed by atoms with van der Waals surface area (Å²) in [5.74, 6) is -0.561. The van der Waals surface area contributed by atoms with Crippen molar-refractivity contribution in [2.45, 2.75) is 12.5 Å². The van der Waals surface area contributed by atoms with Crippen molar-refractivity contribution in [1.82, 2.24) is 5.32 Å². The highest BCUT2D eigenvalue weighted by Gasteiger charge is 2.23. The van der Waals surface area contributed by atoms with Gasteiger partial charge in [0.25, 0.3) is 5.91 Å². The lowest BCUT2D eigenvalue weighted by atomic mass is 9.97. The molecule has 28 heavy (non-hydrogen) atoms. The molecule has 0 radical (unpaired) electrons. The molecule has 6 heteroatoms. The van der Waals surface area contributed by atoms with E-state index in [-0.39, 0.29) is 17.2 Å². The van der Waals surface area contributed by atoms with E-state index in [0.717, 1.165) is 5.56 Å². The Morgan fingerprint density at radius 2 is 1.57 bits per heavy atom. The van der Waals surface area contributed by atoms with Crippen LogP contribution in [0.15, 0.2) is 72.8 Å². The molecule has 0 heterocycles. The second-order valence-electron chi connectivity index (χ2n) is 6.22. The lowest BCUT2D eigenvalue weighted by Crippen LogP contribution is -2.34. The van der Waals surface area contributed by atoms with Gasteiger partial charge in [-0.1, -0.05) is 77.3 Å². The number of benzene rings is 3. The number of hydrogen-bond donors (Lipinski definition) is 1. The van der Waals surface area contributed by atoms with Gasteiger partial charge in [-0.15, -0.1) is 0 Å². The van der Waals surface area contributed by atoms with E-state index in [9.17, 15) is 9.59 Å². The average Bonchev–Trinajstić information content (AvgIpc) is 2.68. The molecule has 0 aliphatic heterocycles. The summed E-state index contributed by atoms with van der Waals surface area (Å²) in [5, 5.41) is 3.99. The van der Waals surface area contributed by atoms with Crippen LogP contribution >= 0.6 is 34.8 Å². The van der Waals surface area contributed by atoms with E-state index in [4.69, 9.17) is 34.8 Å². The van der Waals surface area contributed by atoms with Gasteiger partial charge in [0.15, 0.2) is 5.78 Å². The predicted octanol–water partition coefficient (Wildman–Crippen LogP) is 5.93. The van der Waals surface area contributed by atoms with Crippen LogP contribution in [-0.4, -0.2) is 11.7 Å². The Hall–Kier alpha value is -2.33. The number of halogens is 3. The first kappa shape index (κ1) is 20.4. The highest BCUT2D eigenvalue weighted by Crippen LogP contribution is 2.24. The number of rotatable bonds is 6. The van der Waals surface area contributed by atoms with Gasteiger partial charge in [0, 0.05) is 17.0 Å². The highest BCUT2D eigenvalue weighted by molar-refractivity contribution is 6.42. The van der Waals surface area contributed by atoms with Crippen LogP contribution < -0.4 is 5.32 Å². The van der Waals surface area contributed by atoms with Gasteiger partial charge in [0.2, 0.25) is 0 Å². The van der Waals surface area contributed by atoms with Crippen LogP contribution in [-0.2, 0) is 11.2 Å². The molecule has 3 nitrogen and oxygen atoms in total. The highest BCUT2D eigenvalue weighted by atomic mass is 35.5. The van der Waals surface area contributed by atoms with Crippen molar-refractivity contribution in [3.63, 3.8) is 0 Å². The van der Waals surface area contributed by atoms with Crippen molar-refractivity contribution in [1.29, 1.82) is 0 Å². The summed E-state index contributed by atoms with van der Waals surface area (Å²) in [5.41, 5.74) is 1.80. The first-order valence-corrected chi connectivity index (χ1v) is 9.65. The summed E-state index contributed by atoms with van der Waals surface area (Å²) >= 11 is 17.9. The lowest BCUT2D eigenvalue weighted by Gasteiger charge is -2.19. The summed E-state index contributed by atoms with van der Waals surface area (Å²) in [6.45, 7) is 0. The summed E-state index contributed by atoms with van der Waals surface area (Å²) in [6.07, 6.45) is 0.141. The van der Waals surface area contributed by atoms with Gasteiger partial charge in [-0.05, 0) is 41.5 Å². The Kier molecular flexibility index (Phi) is 6.74. The number of Topliss-reactive ketones (excluding diaryl/α,β-unsaturated/α-hetero) is 1. The molecule has 0 spiro atoms. The van der Waals surface area contributed by atoms with Crippen LogP contribution in [0.3, 0.4) is 0 Å². The molecule has 142 valence electrons. The predicted molar refractivity (Wildman–Crippen MR) is 113 cm³/mol. The summed E-state index contributed by atoms with van der Waals surface area (Å²) in [6, 6.07) is 20.0. The van der Waals surface area contributed by atoms with Crippen molar-refractivity contribution >= 4 is 46.5 Å². The molecule has 1 atom stereocenters. The molecule has 1 unspecified atom stereocenters. The SMILES string of the molecule is O=C(NC(C(=O)Cc1cccc(Cl)c1)c1ccccc1)c1ccc(Cl)c(Cl)c1. The molecule has 1 amide bonds. The second kappa shape index (κ2) is 9.24. The van der Waals surface area contributed by atoms with E-state index >= 15 is 0 Å². The average molecular weight is 433 g/mol. The molecule has 3 rings (SSSR count). The zero-order valence-electron chi connectivity index (χ0n) is 14.7. The standard InChI is InChI=1S/C22H16Cl3NO2/c23-17-8-4-5-14(11-17)12-20(27)21(15-6-2-1-3-7-15)26-22(28)16-9-10-18(24)19(25)13-16/h1-11,13,21H,12H2,(H,26,28). The third kappa shape index (κ3) is 5.14. The van der Waals surface area contributed by atoms with Gasteiger partial charge in [0.05, 0.1) is 10.0 Å². The number of hydrogen-bond acceptors (Lipinski definition) is 2. The van der Waals surface area contributed by atoms with Gasteiger partial charge < -0.3 is 5.32 Å². The van der Waals surface area contributed by atoms with E-state index in [2.05, 4.69) is 5.32 Å². The molecule has 3 aromatic carbocycles. The normalized spacial score (nSPS) is 11.7. The Morgan fingerprint density at radius 1 is 0.821 bits per heavy atom. The fourth-order valence-electron chi connectivity index (χ4n) is 2.80. The minimum Gasteiger partial charge on any atom is -0.338 e.